The van der Waals surface area contributed by atoms with E-state index in [2.05, 4.69) is 0 Å². The van der Waals surface area contributed by atoms with Crippen molar-refractivity contribution in [2.24, 2.45) is 0 Å². The molecule has 44 heavy (non-hydrogen) atoms. The van der Waals surface area contributed by atoms with Gasteiger partial charge in [0.25, 0.3) is 5.91 Å². The molecular weight excluding hydrogens is 563 g/mol. The zero-order chi connectivity index (χ0) is 31.6. The van der Waals surface area contributed by atoms with Crippen molar-refractivity contribution in [2.75, 3.05) is 0 Å². The molecule has 4 aromatic carbocycles. The molecule has 226 valence electrons. The monoisotopic (exact) mass is 597 g/mol. The third-order valence-electron chi connectivity index (χ3n) is 8.19. The van der Waals surface area contributed by atoms with E-state index in [1.54, 1.807) is 0 Å². The molecular formula is C37H34F3NO3. The Morgan fingerprint density at radius 3 is 2.20 bits per heavy atom. The molecule has 1 heterocycles. The first kappa shape index (κ1) is 30.8. The van der Waals surface area contributed by atoms with E-state index in [1.807, 2.05) is 113 Å². The van der Waals surface area contributed by atoms with Gasteiger partial charge < -0.3 is 9.32 Å². The number of carbonyl (C=O) groups excluding carboxylic acids is 2. The predicted molar refractivity (Wildman–Crippen MR) is 166 cm³/mol. The summed E-state index contributed by atoms with van der Waals surface area (Å²) >= 11 is 0. The van der Waals surface area contributed by atoms with Gasteiger partial charge in [-0.15, -0.1) is 0 Å². The smallest absolute Gasteiger partial charge is 0.449 e. The number of benzene rings is 4. The van der Waals surface area contributed by atoms with Crippen molar-refractivity contribution in [1.82, 2.24) is 4.90 Å². The van der Waals surface area contributed by atoms with E-state index in [-0.39, 0.29) is 30.5 Å². The molecule has 0 bridgehead atoms. The number of alkyl halides is 3. The molecule has 0 atom stereocenters. The maximum Gasteiger partial charge on any atom is 0.449 e. The Balaban J connectivity index is 1.47. The van der Waals surface area contributed by atoms with Gasteiger partial charge in [0, 0.05) is 18.4 Å². The van der Waals surface area contributed by atoms with Gasteiger partial charge in [-0.25, -0.2) is 0 Å². The van der Waals surface area contributed by atoms with Crippen LogP contribution in [0.1, 0.15) is 65.8 Å². The van der Waals surface area contributed by atoms with Crippen molar-refractivity contribution in [3.63, 3.8) is 0 Å². The maximum atomic E-state index is 14.1. The first-order chi connectivity index (χ1) is 20.9. The predicted octanol–water partition coefficient (Wildman–Crippen LogP) is 9.53. The summed E-state index contributed by atoms with van der Waals surface area (Å²) < 4.78 is 44.9. The standard InChI is InChI=1S/C37H34F3NO3/c1-5-32(42)36(3,4)29-11-8-10-28(21-29)26-17-14-25(15-18-26)22-41(23-30-19-20-33(44-30)37(38,39)40)35(43)34-24(2)13-16-27-9-6-7-12-31(27)34/h6-21H,5,22-23H2,1-4H3. The van der Waals surface area contributed by atoms with E-state index in [4.69, 9.17) is 4.42 Å². The van der Waals surface area contributed by atoms with Crippen LogP contribution in [0, 0.1) is 6.92 Å². The molecule has 5 rings (SSSR count). The van der Waals surface area contributed by atoms with Crippen LogP contribution in [0.4, 0.5) is 13.2 Å². The molecule has 0 saturated heterocycles. The van der Waals surface area contributed by atoms with E-state index < -0.39 is 17.4 Å². The highest BCUT2D eigenvalue weighted by molar-refractivity contribution is 6.08. The van der Waals surface area contributed by atoms with Crippen molar-refractivity contribution in [1.29, 1.82) is 0 Å². The van der Waals surface area contributed by atoms with Gasteiger partial charge in [0.05, 0.1) is 12.1 Å². The van der Waals surface area contributed by atoms with Gasteiger partial charge in [0.2, 0.25) is 5.76 Å². The second-order valence-corrected chi connectivity index (χ2v) is 11.6. The van der Waals surface area contributed by atoms with E-state index in [0.717, 1.165) is 44.7 Å². The van der Waals surface area contributed by atoms with E-state index >= 15 is 0 Å². The molecule has 0 spiro atoms. The molecule has 1 aromatic heterocycles. The lowest BCUT2D eigenvalue weighted by molar-refractivity contribution is -0.153. The van der Waals surface area contributed by atoms with Crippen LogP contribution in [-0.2, 0) is 29.5 Å². The summed E-state index contributed by atoms with van der Waals surface area (Å²) in [6, 6.07) is 29.1. The number of halogens is 3. The second-order valence-electron chi connectivity index (χ2n) is 11.6. The summed E-state index contributed by atoms with van der Waals surface area (Å²) in [6.07, 6.45) is -4.17. The quantitative estimate of drug-likeness (QED) is 0.170. The lowest BCUT2D eigenvalue weighted by atomic mass is 9.79. The number of carbonyl (C=O) groups is 2. The average Bonchev–Trinajstić information content (AvgIpc) is 3.50. The highest BCUT2D eigenvalue weighted by Gasteiger charge is 2.35. The molecule has 1 amide bonds. The molecule has 0 unspecified atom stereocenters. The van der Waals surface area contributed by atoms with Crippen molar-refractivity contribution < 1.29 is 27.2 Å². The van der Waals surface area contributed by atoms with Crippen LogP contribution in [0.25, 0.3) is 21.9 Å². The van der Waals surface area contributed by atoms with Crippen molar-refractivity contribution in [3.05, 3.63) is 131 Å². The van der Waals surface area contributed by atoms with Gasteiger partial charge in [0.15, 0.2) is 0 Å². The van der Waals surface area contributed by atoms with E-state index in [1.165, 1.54) is 11.0 Å². The fourth-order valence-corrected chi connectivity index (χ4v) is 5.54. The summed E-state index contributed by atoms with van der Waals surface area (Å²) in [6.45, 7) is 7.60. The Morgan fingerprint density at radius 2 is 1.52 bits per heavy atom. The second kappa shape index (κ2) is 12.2. The first-order valence-electron chi connectivity index (χ1n) is 14.5. The molecule has 7 heteroatoms. The molecule has 0 radical (unpaired) electrons. The Kier molecular flexibility index (Phi) is 8.51. The summed E-state index contributed by atoms with van der Waals surface area (Å²) in [5.74, 6) is -1.20. The van der Waals surface area contributed by atoms with Crippen LogP contribution >= 0.6 is 0 Å². The van der Waals surface area contributed by atoms with Crippen LogP contribution in [0.15, 0.2) is 101 Å². The number of hydrogen-bond acceptors (Lipinski definition) is 3. The third kappa shape index (κ3) is 6.32. The zero-order valence-electron chi connectivity index (χ0n) is 25.2. The summed E-state index contributed by atoms with van der Waals surface area (Å²) in [7, 11) is 0. The minimum atomic E-state index is -4.62. The van der Waals surface area contributed by atoms with Crippen LogP contribution in [0.3, 0.4) is 0 Å². The van der Waals surface area contributed by atoms with Gasteiger partial charge >= 0.3 is 6.18 Å². The van der Waals surface area contributed by atoms with Crippen LogP contribution in [0.2, 0.25) is 0 Å². The fourth-order valence-electron chi connectivity index (χ4n) is 5.54. The lowest BCUT2D eigenvalue weighted by Crippen LogP contribution is -2.30. The van der Waals surface area contributed by atoms with Crippen LogP contribution in [-0.4, -0.2) is 16.6 Å². The van der Waals surface area contributed by atoms with E-state index in [9.17, 15) is 22.8 Å². The number of rotatable bonds is 9. The molecule has 0 N–H and O–H groups in total. The number of Topliss-reactive ketones (excluding diaryl/α,β-unsaturated/α-hetero) is 1. The molecule has 5 aromatic rings. The summed E-state index contributed by atoms with van der Waals surface area (Å²) in [5.41, 5.74) is 4.31. The number of hydrogen-bond donors (Lipinski definition) is 0. The Morgan fingerprint density at radius 1 is 0.795 bits per heavy atom. The highest BCUT2D eigenvalue weighted by Crippen LogP contribution is 2.33. The molecule has 0 saturated carbocycles. The number of ketones is 1. The summed E-state index contributed by atoms with van der Waals surface area (Å²) in [5, 5.41) is 1.67. The van der Waals surface area contributed by atoms with Crippen LogP contribution < -0.4 is 0 Å². The molecule has 0 fully saturated rings. The normalized spacial score (nSPS) is 12.0. The molecule has 0 aliphatic heterocycles. The molecule has 4 nitrogen and oxygen atoms in total. The Hall–Kier alpha value is -4.65. The fraction of sp³-hybridized carbons (Fsp3) is 0.243. The minimum absolute atomic E-state index is 0.0428. The maximum absolute atomic E-state index is 14.1. The average molecular weight is 598 g/mol. The SMILES string of the molecule is CCC(=O)C(C)(C)c1cccc(-c2ccc(CN(Cc3ccc(C(F)(F)F)o3)C(=O)c3c(C)ccc4ccccc34)cc2)c1. The van der Waals surface area contributed by atoms with Crippen molar-refractivity contribution >= 4 is 22.5 Å². The number of amides is 1. The molecule has 0 aliphatic carbocycles. The van der Waals surface area contributed by atoms with Crippen molar-refractivity contribution in [3.8, 4) is 11.1 Å². The van der Waals surface area contributed by atoms with Crippen molar-refractivity contribution in [2.45, 2.75) is 58.8 Å². The van der Waals surface area contributed by atoms with Gasteiger partial charge in [0.1, 0.15) is 11.5 Å². The number of aryl methyl sites for hydroxylation is 1. The number of furan rings is 1. The van der Waals surface area contributed by atoms with E-state index in [0.29, 0.717) is 12.0 Å². The van der Waals surface area contributed by atoms with Gasteiger partial charge in [-0.05, 0) is 71.5 Å². The minimum Gasteiger partial charge on any atom is -0.455 e. The summed E-state index contributed by atoms with van der Waals surface area (Å²) in [4.78, 5) is 28.2. The van der Waals surface area contributed by atoms with Gasteiger partial charge in [-0.1, -0.05) is 91.9 Å². The zero-order valence-corrected chi connectivity index (χ0v) is 25.2. The number of fused-ring (bicyclic) bond motifs is 1. The van der Waals surface area contributed by atoms with Gasteiger partial charge in [-0.3, -0.25) is 9.59 Å². The Bertz CT molecular complexity index is 1820. The van der Waals surface area contributed by atoms with Crippen LogP contribution in [0.5, 0.6) is 0 Å². The molecule has 0 aliphatic rings. The number of nitrogens with zero attached hydrogens (tertiary/aromatic N) is 1. The highest BCUT2D eigenvalue weighted by atomic mass is 19.4. The largest absolute Gasteiger partial charge is 0.455 e. The van der Waals surface area contributed by atoms with Gasteiger partial charge in [-0.2, -0.15) is 13.2 Å². The lowest BCUT2D eigenvalue weighted by Gasteiger charge is -2.24. The topological polar surface area (TPSA) is 50.5 Å². The first-order valence-corrected chi connectivity index (χ1v) is 14.5. The Labute approximate surface area is 255 Å². The third-order valence-corrected chi connectivity index (χ3v) is 8.19.